The van der Waals surface area contributed by atoms with Crippen molar-refractivity contribution in [3.05, 3.63) is 5.21 Å². The first-order valence-electron chi connectivity index (χ1n) is 4.79. The smallest absolute Gasteiger partial charge is 0.759 e. The first-order valence-corrected chi connectivity index (χ1v) is 4.79. The molecule has 0 saturated heterocycles. The van der Waals surface area contributed by atoms with Gasteiger partial charge in [-0.15, -0.1) is 0 Å². The van der Waals surface area contributed by atoms with Gasteiger partial charge in [-0.1, -0.05) is 32.6 Å². The Bertz CT molecular complexity index is 144. The maximum absolute atomic E-state index is 10.5. The molecule has 0 radical (unpaired) electrons. The van der Waals surface area contributed by atoms with E-state index >= 15 is 0 Å². The number of hydrogen-bond acceptors (Lipinski definition) is 3. The van der Waals surface area contributed by atoms with Crippen LogP contribution in [0.15, 0.2) is 0 Å². The Labute approximate surface area is 128 Å². The standard InChI is InChI=1S/C9H18NO3.K/c1-2-3-4-5-6-8(11)7-9(12)10-13;/h8,11H,2-7H2,1H3,(H-,10,12,13);/q-1;+1/t8-;/m1./s1. The number of carbonyl (C=O) groups excluding carboxylic acids is 1. The van der Waals surface area contributed by atoms with Crippen molar-refractivity contribution in [1.29, 1.82) is 0 Å². The van der Waals surface area contributed by atoms with Crippen molar-refractivity contribution in [2.45, 2.75) is 51.6 Å². The van der Waals surface area contributed by atoms with E-state index in [1.807, 2.05) is 0 Å². The van der Waals surface area contributed by atoms with Gasteiger partial charge in [-0.3, -0.25) is 4.79 Å². The van der Waals surface area contributed by atoms with Crippen molar-refractivity contribution in [3.63, 3.8) is 0 Å². The molecule has 0 aliphatic rings. The summed E-state index contributed by atoms with van der Waals surface area (Å²) in [5.74, 6) is -0.636. The molecule has 0 aromatic carbocycles. The van der Waals surface area contributed by atoms with E-state index in [9.17, 15) is 15.1 Å². The maximum atomic E-state index is 10.5. The van der Waals surface area contributed by atoms with Crippen molar-refractivity contribution in [3.8, 4) is 0 Å². The van der Waals surface area contributed by atoms with Gasteiger partial charge in [0.05, 0.1) is 12.5 Å². The Morgan fingerprint density at radius 2 is 2.07 bits per heavy atom. The number of rotatable bonds is 7. The van der Waals surface area contributed by atoms with Crippen LogP contribution < -0.4 is 56.9 Å². The van der Waals surface area contributed by atoms with Gasteiger partial charge in [-0.05, 0) is 6.42 Å². The average molecular weight is 227 g/mol. The number of hydrogen-bond donors (Lipinski definition) is 2. The Morgan fingerprint density at radius 3 is 2.57 bits per heavy atom. The molecule has 5 heteroatoms. The quantitative estimate of drug-likeness (QED) is 0.310. The normalized spacial score (nSPS) is 11.6. The third-order valence-electron chi connectivity index (χ3n) is 1.93. The molecule has 1 amide bonds. The summed E-state index contributed by atoms with van der Waals surface area (Å²) in [5, 5.41) is 19.1. The Hall–Kier alpha value is 1.03. The van der Waals surface area contributed by atoms with E-state index in [1.54, 1.807) is 0 Å². The molecule has 2 N–H and O–H groups in total. The van der Waals surface area contributed by atoms with E-state index < -0.39 is 12.0 Å². The minimum Gasteiger partial charge on any atom is -0.759 e. The minimum absolute atomic E-state index is 0. The fourth-order valence-corrected chi connectivity index (χ4v) is 1.16. The first-order chi connectivity index (χ1) is 6.20. The van der Waals surface area contributed by atoms with Gasteiger partial charge < -0.3 is 15.8 Å². The molecule has 0 heterocycles. The summed E-state index contributed by atoms with van der Waals surface area (Å²) in [7, 11) is 0. The van der Waals surface area contributed by atoms with Gasteiger partial charge in [0.1, 0.15) is 0 Å². The predicted octanol–water partition coefficient (Wildman–Crippen LogP) is -1.67. The topological polar surface area (TPSA) is 72.4 Å². The second-order valence-electron chi connectivity index (χ2n) is 3.23. The summed E-state index contributed by atoms with van der Waals surface area (Å²) in [4.78, 5) is 10.5. The molecule has 0 aromatic rings. The van der Waals surface area contributed by atoms with Crippen LogP contribution in [-0.2, 0) is 4.79 Å². The van der Waals surface area contributed by atoms with Gasteiger partial charge in [-0.2, -0.15) is 0 Å². The number of unbranched alkanes of at least 4 members (excludes halogenated alkanes) is 3. The number of aliphatic hydroxyl groups is 1. The third kappa shape index (κ3) is 11.1. The van der Waals surface area contributed by atoms with Crippen LogP contribution >= 0.6 is 0 Å². The van der Waals surface area contributed by atoms with Crippen LogP contribution in [0.2, 0.25) is 0 Å². The largest absolute Gasteiger partial charge is 1.00 e. The predicted molar refractivity (Wildman–Crippen MR) is 50.9 cm³/mol. The molecule has 0 aliphatic heterocycles. The van der Waals surface area contributed by atoms with Crippen LogP contribution in [0.1, 0.15) is 45.4 Å². The van der Waals surface area contributed by atoms with Crippen LogP contribution in [0, 0.1) is 5.21 Å². The SMILES string of the molecule is CCCCCC[C@@H](O)CC(=O)N[O-].[K+]. The Kier molecular flexibility index (Phi) is 15.1. The van der Waals surface area contributed by atoms with Crippen LogP contribution in [0.25, 0.3) is 0 Å². The number of hydroxylamine groups is 1. The van der Waals surface area contributed by atoms with Crippen LogP contribution in [-0.4, -0.2) is 17.1 Å². The molecule has 78 valence electrons. The van der Waals surface area contributed by atoms with Gasteiger partial charge in [0, 0.05) is 0 Å². The zero-order chi connectivity index (χ0) is 10.1. The number of amides is 1. The molecule has 0 rings (SSSR count). The van der Waals surface area contributed by atoms with E-state index in [1.165, 1.54) is 5.48 Å². The number of aliphatic hydroxyl groups excluding tert-OH is 1. The summed E-state index contributed by atoms with van der Waals surface area (Å²) in [5.41, 5.74) is 1.25. The molecular weight excluding hydrogens is 209 g/mol. The minimum atomic E-state index is -0.661. The summed E-state index contributed by atoms with van der Waals surface area (Å²) in [6.45, 7) is 2.11. The molecule has 0 aliphatic carbocycles. The van der Waals surface area contributed by atoms with E-state index in [2.05, 4.69) is 6.92 Å². The summed E-state index contributed by atoms with van der Waals surface area (Å²) in [6, 6.07) is 0. The number of nitrogens with one attached hydrogen (secondary N) is 1. The van der Waals surface area contributed by atoms with Crippen molar-refractivity contribution < 1.29 is 61.3 Å². The van der Waals surface area contributed by atoms with E-state index in [4.69, 9.17) is 0 Å². The third-order valence-corrected chi connectivity index (χ3v) is 1.93. The summed E-state index contributed by atoms with van der Waals surface area (Å²) < 4.78 is 0. The van der Waals surface area contributed by atoms with Gasteiger partial charge in [0.15, 0.2) is 0 Å². The van der Waals surface area contributed by atoms with Gasteiger partial charge in [0.2, 0.25) is 5.91 Å². The van der Waals surface area contributed by atoms with Crippen molar-refractivity contribution in [1.82, 2.24) is 5.48 Å². The average Bonchev–Trinajstić information content (AvgIpc) is 2.12. The van der Waals surface area contributed by atoms with Gasteiger partial charge in [-0.25, -0.2) is 0 Å². The van der Waals surface area contributed by atoms with Crippen molar-refractivity contribution in [2.24, 2.45) is 0 Å². The molecule has 1 atom stereocenters. The molecule has 0 spiro atoms. The number of carbonyl (C=O) groups is 1. The molecule has 0 bridgehead atoms. The second kappa shape index (κ2) is 12.1. The monoisotopic (exact) mass is 227 g/mol. The second-order valence-corrected chi connectivity index (χ2v) is 3.23. The molecule has 0 unspecified atom stereocenters. The van der Waals surface area contributed by atoms with Crippen LogP contribution in [0.3, 0.4) is 0 Å². The van der Waals surface area contributed by atoms with E-state index in [0.29, 0.717) is 6.42 Å². The van der Waals surface area contributed by atoms with Crippen molar-refractivity contribution >= 4 is 5.91 Å². The molecule has 4 nitrogen and oxygen atoms in total. The molecule has 14 heavy (non-hydrogen) atoms. The first kappa shape index (κ1) is 17.4. The van der Waals surface area contributed by atoms with Crippen LogP contribution in [0.4, 0.5) is 0 Å². The Morgan fingerprint density at radius 1 is 1.43 bits per heavy atom. The fourth-order valence-electron chi connectivity index (χ4n) is 1.16. The zero-order valence-corrected chi connectivity index (χ0v) is 12.2. The van der Waals surface area contributed by atoms with Crippen LogP contribution in [0.5, 0.6) is 0 Å². The molecule has 0 fully saturated rings. The van der Waals surface area contributed by atoms with E-state index in [0.717, 1.165) is 25.7 Å². The van der Waals surface area contributed by atoms with Gasteiger partial charge >= 0.3 is 51.4 Å². The van der Waals surface area contributed by atoms with E-state index in [-0.39, 0.29) is 57.8 Å². The molecule has 0 aromatic heterocycles. The molecular formula is C9H18KNO3. The maximum Gasteiger partial charge on any atom is 1.00 e. The fraction of sp³-hybridized carbons (Fsp3) is 0.889. The van der Waals surface area contributed by atoms with Crippen molar-refractivity contribution in [2.75, 3.05) is 0 Å². The summed E-state index contributed by atoms with van der Waals surface area (Å²) in [6.07, 6.45) is 4.17. The zero-order valence-electron chi connectivity index (χ0n) is 9.08. The summed E-state index contributed by atoms with van der Waals surface area (Å²) >= 11 is 0. The molecule has 0 saturated carbocycles. The Balaban J connectivity index is 0. The van der Waals surface area contributed by atoms with Gasteiger partial charge in [0.25, 0.3) is 0 Å².